The Morgan fingerprint density at radius 2 is 1.94 bits per heavy atom. The fourth-order valence-corrected chi connectivity index (χ4v) is 6.07. The first kappa shape index (κ1) is 23.6. The third-order valence-corrected chi connectivity index (χ3v) is 8.40. The summed E-state index contributed by atoms with van der Waals surface area (Å²) in [5, 5.41) is 2.98. The molecule has 0 aliphatic carbocycles. The van der Waals surface area contributed by atoms with Crippen LogP contribution in [0.2, 0.25) is 0 Å². The summed E-state index contributed by atoms with van der Waals surface area (Å²) < 4.78 is 32.5. The number of nitrogens with one attached hydrogen (secondary N) is 1. The van der Waals surface area contributed by atoms with Gasteiger partial charge < -0.3 is 10.1 Å². The van der Waals surface area contributed by atoms with E-state index >= 15 is 0 Å². The number of rotatable bonds is 9. The SMILES string of the molecule is COc1ccc(S(=O)(=O)N2CCCC(C(=O)NCCSCc3ccccc3C)C2)cc1. The first-order valence-corrected chi connectivity index (χ1v) is 13.1. The number of thioether (sulfide) groups is 1. The molecule has 3 rings (SSSR count). The molecule has 0 radical (unpaired) electrons. The topological polar surface area (TPSA) is 75.7 Å². The number of sulfonamides is 1. The summed E-state index contributed by atoms with van der Waals surface area (Å²) in [7, 11) is -2.08. The molecule has 1 heterocycles. The molecule has 0 bridgehead atoms. The number of hydrogen-bond acceptors (Lipinski definition) is 5. The first-order valence-electron chi connectivity index (χ1n) is 10.5. The second-order valence-electron chi connectivity index (χ2n) is 7.65. The van der Waals surface area contributed by atoms with Crippen LogP contribution in [-0.2, 0) is 20.6 Å². The van der Waals surface area contributed by atoms with Gasteiger partial charge in [-0.25, -0.2) is 8.42 Å². The Kier molecular flexibility index (Phi) is 8.40. The van der Waals surface area contributed by atoms with E-state index in [-0.39, 0.29) is 23.3 Å². The molecule has 8 heteroatoms. The number of carbonyl (C=O) groups is 1. The molecule has 6 nitrogen and oxygen atoms in total. The van der Waals surface area contributed by atoms with Crippen LogP contribution < -0.4 is 10.1 Å². The molecule has 1 aliphatic rings. The summed E-state index contributed by atoms with van der Waals surface area (Å²) >= 11 is 1.78. The minimum atomic E-state index is -3.62. The predicted octanol–water partition coefficient (Wildman–Crippen LogP) is 3.45. The van der Waals surface area contributed by atoms with Gasteiger partial charge in [0.2, 0.25) is 15.9 Å². The van der Waals surface area contributed by atoms with E-state index in [1.54, 1.807) is 43.1 Å². The molecule has 168 valence electrons. The molecule has 2 aromatic rings. The average Bonchev–Trinajstić information content (AvgIpc) is 2.80. The highest BCUT2D eigenvalue weighted by Crippen LogP contribution is 2.25. The zero-order chi connectivity index (χ0) is 22.3. The number of nitrogens with zero attached hydrogens (tertiary/aromatic N) is 1. The van der Waals surface area contributed by atoms with Crippen molar-refractivity contribution in [3.05, 3.63) is 59.7 Å². The van der Waals surface area contributed by atoms with E-state index in [2.05, 4.69) is 24.4 Å². The van der Waals surface area contributed by atoms with E-state index in [0.717, 1.165) is 11.5 Å². The van der Waals surface area contributed by atoms with Crippen LogP contribution in [0.15, 0.2) is 53.4 Å². The summed E-state index contributed by atoms with van der Waals surface area (Å²) in [6.07, 6.45) is 1.38. The molecule has 0 aromatic heterocycles. The van der Waals surface area contributed by atoms with Crippen molar-refractivity contribution in [3.63, 3.8) is 0 Å². The van der Waals surface area contributed by atoms with Crippen molar-refractivity contribution >= 4 is 27.7 Å². The molecule has 1 saturated heterocycles. The Hall–Kier alpha value is -2.03. The van der Waals surface area contributed by atoms with Gasteiger partial charge in [0.25, 0.3) is 0 Å². The Morgan fingerprint density at radius 3 is 2.65 bits per heavy atom. The lowest BCUT2D eigenvalue weighted by atomic mass is 9.99. The molecule has 31 heavy (non-hydrogen) atoms. The Balaban J connectivity index is 1.48. The van der Waals surface area contributed by atoms with Crippen molar-refractivity contribution in [1.82, 2.24) is 9.62 Å². The molecule has 1 fully saturated rings. The van der Waals surface area contributed by atoms with Crippen LogP contribution in [0.3, 0.4) is 0 Å². The number of hydrogen-bond donors (Lipinski definition) is 1. The van der Waals surface area contributed by atoms with Gasteiger partial charge in [0.1, 0.15) is 5.75 Å². The van der Waals surface area contributed by atoms with Gasteiger partial charge in [-0.3, -0.25) is 4.79 Å². The van der Waals surface area contributed by atoms with Crippen molar-refractivity contribution in [3.8, 4) is 5.75 Å². The Bertz CT molecular complexity index is 977. The van der Waals surface area contributed by atoms with Gasteiger partial charge in [-0.15, -0.1) is 0 Å². The zero-order valence-electron chi connectivity index (χ0n) is 18.0. The molecule has 1 unspecified atom stereocenters. The predicted molar refractivity (Wildman–Crippen MR) is 125 cm³/mol. The lowest BCUT2D eigenvalue weighted by Gasteiger charge is -2.31. The minimum Gasteiger partial charge on any atom is -0.497 e. The standard InChI is InChI=1S/C23H30N2O4S2/c1-18-6-3-4-7-20(18)17-30-15-13-24-23(26)19-8-5-14-25(16-19)31(27,28)22-11-9-21(29-2)10-12-22/h3-4,6-7,9-12,19H,5,8,13-17H2,1-2H3,(H,24,26). The second kappa shape index (κ2) is 11.0. The van der Waals surface area contributed by atoms with E-state index in [9.17, 15) is 13.2 Å². The van der Waals surface area contributed by atoms with E-state index in [1.165, 1.54) is 15.4 Å². The summed E-state index contributed by atoms with van der Waals surface area (Å²) in [6.45, 7) is 3.34. The van der Waals surface area contributed by atoms with E-state index in [4.69, 9.17) is 4.74 Å². The zero-order valence-corrected chi connectivity index (χ0v) is 19.7. The largest absolute Gasteiger partial charge is 0.497 e. The molecule has 0 spiro atoms. The van der Waals surface area contributed by atoms with Gasteiger partial charge in [0, 0.05) is 31.1 Å². The number of methoxy groups -OCH3 is 1. The number of piperidine rings is 1. The van der Waals surface area contributed by atoms with Crippen LogP contribution in [0.25, 0.3) is 0 Å². The fourth-order valence-electron chi connectivity index (χ4n) is 3.62. The highest BCUT2D eigenvalue weighted by atomic mass is 32.2. The normalized spacial score (nSPS) is 17.3. The van der Waals surface area contributed by atoms with Crippen molar-refractivity contribution in [1.29, 1.82) is 0 Å². The molecule has 1 atom stereocenters. The maximum atomic E-state index is 13.0. The Labute approximate surface area is 189 Å². The monoisotopic (exact) mass is 462 g/mol. The third-order valence-electron chi connectivity index (χ3n) is 5.52. The van der Waals surface area contributed by atoms with Crippen molar-refractivity contribution < 1.29 is 17.9 Å². The van der Waals surface area contributed by atoms with Crippen LogP contribution in [0, 0.1) is 12.8 Å². The lowest BCUT2D eigenvalue weighted by molar-refractivity contribution is -0.125. The summed E-state index contributed by atoms with van der Waals surface area (Å²) in [5.41, 5.74) is 2.59. The molecule has 1 amide bonds. The summed E-state index contributed by atoms with van der Waals surface area (Å²) in [6, 6.07) is 14.7. The van der Waals surface area contributed by atoms with E-state index < -0.39 is 10.0 Å². The number of aryl methyl sites for hydroxylation is 1. The molecular weight excluding hydrogens is 432 g/mol. The third kappa shape index (κ3) is 6.24. The quantitative estimate of drug-likeness (QED) is 0.578. The highest BCUT2D eigenvalue weighted by Gasteiger charge is 2.33. The fraction of sp³-hybridized carbons (Fsp3) is 0.435. The second-order valence-corrected chi connectivity index (χ2v) is 10.7. The molecule has 2 aromatic carbocycles. The maximum absolute atomic E-state index is 13.0. The van der Waals surface area contributed by atoms with Gasteiger partial charge in [-0.2, -0.15) is 16.1 Å². The molecule has 0 saturated carbocycles. The van der Waals surface area contributed by atoms with Gasteiger partial charge in [0.15, 0.2) is 0 Å². The summed E-state index contributed by atoms with van der Waals surface area (Å²) in [5.74, 6) is 1.96. The van der Waals surface area contributed by atoms with Gasteiger partial charge >= 0.3 is 0 Å². The number of amides is 1. The molecular formula is C23H30N2O4S2. The van der Waals surface area contributed by atoms with Crippen LogP contribution in [-0.4, -0.2) is 51.1 Å². The van der Waals surface area contributed by atoms with E-state index in [1.807, 2.05) is 12.1 Å². The lowest BCUT2D eigenvalue weighted by Crippen LogP contribution is -2.45. The maximum Gasteiger partial charge on any atom is 0.243 e. The number of benzene rings is 2. The van der Waals surface area contributed by atoms with Crippen molar-refractivity contribution in [2.45, 2.75) is 30.4 Å². The number of ether oxygens (including phenoxy) is 1. The van der Waals surface area contributed by atoms with Gasteiger partial charge in [0.05, 0.1) is 17.9 Å². The van der Waals surface area contributed by atoms with Crippen LogP contribution in [0.5, 0.6) is 5.75 Å². The van der Waals surface area contributed by atoms with Crippen LogP contribution in [0.1, 0.15) is 24.0 Å². The van der Waals surface area contributed by atoms with Gasteiger partial charge in [-0.05, 0) is 55.2 Å². The average molecular weight is 463 g/mol. The van der Waals surface area contributed by atoms with Crippen molar-refractivity contribution in [2.24, 2.45) is 5.92 Å². The number of carbonyl (C=O) groups excluding carboxylic acids is 1. The van der Waals surface area contributed by atoms with Crippen LogP contribution >= 0.6 is 11.8 Å². The van der Waals surface area contributed by atoms with E-state index in [0.29, 0.717) is 31.7 Å². The molecule has 1 aliphatic heterocycles. The van der Waals surface area contributed by atoms with Gasteiger partial charge in [-0.1, -0.05) is 24.3 Å². The highest BCUT2D eigenvalue weighted by molar-refractivity contribution is 7.98. The minimum absolute atomic E-state index is 0.0638. The Morgan fingerprint density at radius 1 is 1.19 bits per heavy atom. The van der Waals surface area contributed by atoms with Crippen molar-refractivity contribution in [2.75, 3.05) is 32.5 Å². The first-order chi connectivity index (χ1) is 14.9. The molecule has 1 N–H and O–H groups in total. The smallest absolute Gasteiger partial charge is 0.243 e. The summed E-state index contributed by atoms with van der Waals surface area (Å²) in [4.78, 5) is 12.8. The van der Waals surface area contributed by atoms with Crippen LogP contribution in [0.4, 0.5) is 0 Å².